The lowest BCUT2D eigenvalue weighted by molar-refractivity contribution is 0.119. The van der Waals surface area contributed by atoms with Crippen molar-refractivity contribution in [3.63, 3.8) is 0 Å². The molecule has 0 aromatic carbocycles. The number of halogens is 2. The Morgan fingerprint density at radius 1 is 1.46 bits per heavy atom. The van der Waals surface area contributed by atoms with E-state index in [2.05, 4.69) is 21.2 Å². The molecule has 0 bridgehead atoms. The van der Waals surface area contributed by atoms with Gasteiger partial charge in [-0.05, 0) is 53.3 Å². The molecule has 1 aromatic heterocycles. The van der Waals surface area contributed by atoms with E-state index >= 15 is 0 Å². The third-order valence-electron chi connectivity index (χ3n) is 2.42. The summed E-state index contributed by atoms with van der Waals surface area (Å²) in [6, 6.07) is 1.92. The van der Waals surface area contributed by atoms with E-state index < -0.39 is 5.67 Å². The molecule has 4 heteroatoms. The van der Waals surface area contributed by atoms with Crippen molar-refractivity contribution in [3.8, 4) is 0 Å². The Morgan fingerprint density at radius 3 is 2.69 bits per heavy atom. The highest BCUT2D eigenvalue weighted by atomic mass is 79.9. The number of hydrogen-bond donors (Lipinski definition) is 1. The van der Waals surface area contributed by atoms with Gasteiger partial charge in [0.2, 0.25) is 0 Å². The molecular formula is C9H11BrFNS. The maximum atomic E-state index is 14.3. The summed E-state index contributed by atoms with van der Waals surface area (Å²) in [4.78, 5) is 0.856. The first kappa shape index (κ1) is 9.62. The van der Waals surface area contributed by atoms with Crippen LogP contribution in [0.25, 0.3) is 0 Å². The number of hydrogen-bond acceptors (Lipinski definition) is 2. The fourth-order valence-corrected chi connectivity index (χ4v) is 3.54. The van der Waals surface area contributed by atoms with Crippen molar-refractivity contribution in [1.82, 2.24) is 5.32 Å². The van der Waals surface area contributed by atoms with Gasteiger partial charge in [0, 0.05) is 4.47 Å². The molecule has 0 aliphatic carbocycles. The smallest absolute Gasteiger partial charge is 0.148 e. The van der Waals surface area contributed by atoms with Crippen LogP contribution in [0.1, 0.15) is 17.7 Å². The zero-order valence-corrected chi connectivity index (χ0v) is 9.55. The highest BCUT2D eigenvalue weighted by Gasteiger charge is 2.36. The zero-order chi connectivity index (χ0) is 9.31. The first-order valence-corrected chi connectivity index (χ1v) is 6.03. The predicted molar refractivity (Wildman–Crippen MR) is 56.9 cm³/mol. The van der Waals surface area contributed by atoms with Crippen molar-refractivity contribution in [2.45, 2.75) is 18.5 Å². The van der Waals surface area contributed by atoms with E-state index in [-0.39, 0.29) is 0 Å². The standard InChI is InChI=1S/C9H11BrFNS/c10-7-1-6-13-8(7)9(11)2-4-12-5-3-9/h1,6,12H,2-5H2. The second-order valence-corrected chi connectivity index (χ2v) is 5.08. The van der Waals surface area contributed by atoms with Gasteiger partial charge in [-0.1, -0.05) is 0 Å². The third-order valence-corrected chi connectivity index (χ3v) is 4.44. The normalized spacial score (nSPS) is 21.7. The van der Waals surface area contributed by atoms with E-state index in [1.807, 2.05) is 11.4 Å². The Morgan fingerprint density at radius 2 is 2.15 bits per heavy atom. The lowest BCUT2D eigenvalue weighted by Crippen LogP contribution is -2.36. The highest BCUT2D eigenvalue weighted by Crippen LogP contribution is 2.41. The summed E-state index contributed by atoms with van der Waals surface area (Å²) in [5.41, 5.74) is -1.10. The van der Waals surface area contributed by atoms with Crippen LogP contribution in [0.4, 0.5) is 4.39 Å². The highest BCUT2D eigenvalue weighted by molar-refractivity contribution is 9.10. The van der Waals surface area contributed by atoms with Gasteiger partial charge in [-0.3, -0.25) is 0 Å². The van der Waals surface area contributed by atoms with Crippen LogP contribution in [-0.4, -0.2) is 13.1 Å². The minimum absolute atomic E-state index is 0.589. The SMILES string of the molecule is FC1(c2sccc2Br)CCNCC1. The summed E-state index contributed by atoms with van der Waals surface area (Å²) < 4.78 is 15.3. The molecule has 0 amide bonds. The van der Waals surface area contributed by atoms with Gasteiger partial charge in [-0.2, -0.15) is 0 Å². The van der Waals surface area contributed by atoms with Crippen LogP contribution >= 0.6 is 27.3 Å². The number of nitrogens with one attached hydrogen (secondary N) is 1. The number of rotatable bonds is 1. The first-order chi connectivity index (χ1) is 6.22. The van der Waals surface area contributed by atoms with Gasteiger partial charge in [0.15, 0.2) is 0 Å². The van der Waals surface area contributed by atoms with Crippen molar-refractivity contribution in [3.05, 3.63) is 20.8 Å². The minimum atomic E-state index is -1.10. The molecule has 1 N–H and O–H groups in total. The quantitative estimate of drug-likeness (QED) is 0.822. The fourth-order valence-electron chi connectivity index (χ4n) is 1.66. The van der Waals surface area contributed by atoms with E-state index in [9.17, 15) is 4.39 Å². The largest absolute Gasteiger partial charge is 0.316 e. The van der Waals surface area contributed by atoms with Crippen LogP contribution in [0, 0.1) is 0 Å². The van der Waals surface area contributed by atoms with E-state index in [1.54, 1.807) is 0 Å². The minimum Gasteiger partial charge on any atom is -0.316 e. The van der Waals surface area contributed by atoms with Crippen LogP contribution in [0.5, 0.6) is 0 Å². The monoisotopic (exact) mass is 263 g/mol. The molecule has 0 spiro atoms. The van der Waals surface area contributed by atoms with Gasteiger partial charge in [0.05, 0.1) is 4.88 Å². The molecule has 2 rings (SSSR count). The number of alkyl halides is 1. The van der Waals surface area contributed by atoms with Gasteiger partial charge in [0.25, 0.3) is 0 Å². The van der Waals surface area contributed by atoms with Crippen LogP contribution < -0.4 is 5.32 Å². The van der Waals surface area contributed by atoms with Gasteiger partial charge < -0.3 is 5.32 Å². The summed E-state index contributed by atoms with van der Waals surface area (Å²) in [6.07, 6.45) is 1.18. The van der Waals surface area contributed by atoms with Crippen LogP contribution in [0.15, 0.2) is 15.9 Å². The summed E-state index contributed by atoms with van der Waals surface area (Å²) in [5.74, 6) is 0. The Balaban J connectivity index is 2.27. The molecule has 1 aliphatic heterocycles. The van der Waals surface area contributed by atoms with Crippen LogP contribution in [0.3, 0.4) is 0 Å². The van der Waals surface area contributed by atoms with Gasteiger partial charge in [-0.25, -0.2) is 4.39 Å². The lowest BCUT2D eigenvalue weighted by atomic mass is 9.93. The molecule has 0 atom stereocenters. The molecule has 1 aliphatic rings. The predicted octanol–water partition coefficient (Wildman–Crippen LogP) is 3.06. The van der Waals surface area contributed by atoms with Gasteiger partial charge >= 0.3 is 0 Å². The topological polar surface area (TPSA) is 12.0 Å². The van der Waals surface area contributed by atoms with Crippen LogP contribution in [0.2, 0.25) is 0 Å². The molecule has 1 saturated heterocycles. The van der Waals surface area contributed by atoms with Crippen molar-refractivity contribution in [1.29, 1.82) is 0 Å². The third kappa shape index (κ3) is 1.80. The molecule has 1 aromatic rings. The number of thiophene rings is 1. The summed E-state index contributed by atoms with van der Waals surface area (Å²) in [5, 5.41) is 5.10. The second-order valence-electron chi connectivity index (χ2n) is 3.31. The molecule has 2 heterocycles. The molecule has 0 saturated carbocycles. The Kier molecular flexibility index (Phi) is 2.72. The molecular weight excluding hydrogens is 253 g/mol. The van der Waals surface area contributed by atoms with E-state index in [0.717, 1.165) is 22.4 Å². The molecule has 0 radical (unpaired) electrons. The van der Waals surface area contributed by atoms with Gasteiger partial charge in [-0.15, -0.1) is 11.3 Å². The Bertz CT molecular complexity index is 294. The summed E-state index contributed by atoms with van der Waals surface area (Å²) in [7, 11) is 0. The Hall–Kier alpha value is 0.0700. The molecule has 72 valence electrons. The molecule has 1 fully saturated rings. The number of piperidine rings is 1. The van der Waals surface area contributed by atoms with E-state index in [4.69, 9.17) is 0 Å². The maximum Gasteiger partial charge on any atom is 0.148 e. The first-order valence-electron chi connectivity index (χ1n) is 4.35. The van der Waals surface area contributed by atoms with Crippen molar-refractivity contribution < 1.29 is 4.39 Å². The molecule has 0 unspecified atom stereocenters. The van der Waals surface area contributed by atoms with Crippen molar-refractivity contribution >= 4 is 27.3 Å². The van der Waals surface area contributed by atoms with E-state index in [1.165, 1.54) is 11.3 Å². The average Bonchev–Trinajstić information content (AvgIpc) is 2.53. The maximum absolute atomic E-state index is 14.3. The van der Waals surface area contributed by atoms with Crippen molar-refractivity contribution in [2.24, 2.45) is 0 Å². The van der Waals surface area contributed by atoms with Gasteiger partial charge in [0.1, 0.15) is 5.67 Å². The van der Waals surface area contributed by atoms with Crippen molar-refractivity contribution in [2.75, 3.05) is 13.1 Å². The van der Waals surface area contributed by atoms with Crippen LogP contribution in [-0.2, 0) is 5.67 Å². The fraction of sp³-hybridized carbons (Fsp3) is 0.556. The lowest BCUT2D eigenvalue weighted by Gasteiger charge is -2.29. The van der Waals surface area contributed by atoms with E-state index in [0.29, 0.717) is 12.8 Å². The summed E-state index contributed by atoms with van der Waals surface area (Å²) >= 11 is 4.89. The Labute approximate surface area is 89.5 Å². The zero-order valence-electron chi connectivity index (χ0n) is 7.15. The molecule has 1 nitrogen and oxygen atoms in total. The molecule has 13 heavy (non-hydrogen) atoms. The summed E-state index contributed by atoms with van der Waals surface area (Å²) in [6.45, 7) is 1.56. The second kappa shape index (κ2) is 3.67. The average molecular weight is 264 g/mol.